The average Bonchev–Trinajstić information content (AvgIpc) is 2.63. The van der Waals surface area contributed by atoms with Gasteiger partial charge in [0.2, 0.25) is 8.32 Å². The summed E-state index contributed by atoms with van der Waals surface area (Å²) in [7, 11) is -0.288. The number of carbonyl (C=O) groups excluding carboxylic acids is 2. The van der Waals surface area contributed by atoms with Crippen LogP contribution < -0.4 is 0 Å². The first-order chi connectivity index (χ1) is 12.8. The third kappa shape index (κ3) is 3.11. The van der Waals surface area contributed by atoms with Crippen LogP contribution in [0.15, 0.2) is 36.1 Å². The van der Waals surface area contributed by atoms with Gasteiger partial charge in [-0.3, -0.25) is 9.59 Å². The summed E-state index contributed by atoms with van der Waals surface area (Å²) in [4.78, 5) is 35.4. The minimum absolute atomic E-state index is 0.153. The molecule has 0 fully saturated rings. The number of aromatic nitrogens is 2. The molecule has 2 aliphatic rings. The molecular weight excluding hydrogens is 360 g/mol. The molecule has 0 bridgehead atoms. The maximum atomic E-state index is 13.2. The van der Waals surface area contributed by atoms with Crippen LogP contribution in [0.1, 0.15) is 27.4 Å². The number of benzene rings is 1. The molecule has 3 unspecified atom stereocenters. The Hall–Kier alpha value is -2.38. The van der Waals surface area contributed by atoms with E-state index in [1.165, 1.54) is 0 Å². The Morgan fingerprint density at radius 3 is 2.15 bits per heavy atom. The van der Waals surface area contributed by atoms with Crippen LogP contribution >= 0.6 is 0 Å². The Kier molecular flexibility index (Phi) is 4.23. The fraction of sp³-hybridized carbons (Fsp3) is 0.400. The second kappa shape index (κ2) is 6.35. The zero-order chi connectivity index (χ0) is 19.3. The number of para-hydroxylation sites is 2. The molecule has 0 aliphatic heterocycles. The summed E-state index contributed by atoms with van der Waals surface area (Å²) in [5, 5.41) is 0. The summed E-state index contributed by atoms with van der Waals surface area (Å²) in [6.45, 7) is 6.26. The maximum Gasteiger partial charge on any atom is 0.241 e. The summed E-state index contributed by atoms with van der Waals surface area (Å²) in [6, 6.07) is 7.26. The highest BCUT2D eigenvalue weighted by Crippen LogP contribution is 2.40. The number of methoxy groups -OCH3 is 1. The molecule has 2 aliphatic carbocycles. The number of rotatable bonds is 3. The number of Topliss-reactive ketones (excluding diaryl/α,β-unsaturated/α-hetero) is 2. The second-order valence-electron chi connectivity index (χ2n) is 8.02. The molecule has 1 heterocycles. The van der Waals surface area contributed by atoms with Crippen LogP contribution in [0.4, 0.5) is 0 Å². The number of nitrogens with zero attached hydrogens (tertiary/aromatic N) is 2. The van der Waals surface area contributed by atoms with Gasteiger partial charge in [0.05, 0.1) is 28.8 Å². The molecule has 1 aromatic carbocycles. The lowest BCUT2D eigenvalue weighted by Gasteiger charge is -2.38. The Morgan fingerprint density at radius 2 is 1.59 bits per heavy atom. The van der Waals surface area contributed by atoms with E-state index < -0.39 is 26.3 Å². The van der Waals surface area contributed by atoms with Crippen molar-refractivity contribution in [2.45, 2.75) is 32.2 Å². The molecule has 0 radical (unpaired) electrons. The third-order valence-corrected chi connectivity index (χ3v) is 5.82. The third-order valence-electron chi connectivity index (χ3n) is 4.94. The molecule has 7 heteroatoms. The highest BCUT2D eigenvalue weighted by Gasteiger charge is 2.49. The zero-order valence-electron chi connectivity index (χ0n) is 15.9. The van der Waals surface area contributed by atoms with Gasteiger partial charge in [-0.15, -0.1) is 0 Å². The van der Waals surface area contributed by atoms with E-state index in [9.17, 15) is 9.59 Å². The zero-order valence-corrected chi connectivity index (χ0v) is 16.9. The minimum atomic E-state index is -1.84. The van der Waals surface area contributed by atoms with Gasteiger partial charge < -0.3 is 9.16 Å². The van der Waals surface area contributed by atoms with E-state index in [2.05, 4.69) is 29.6 Å². The van der Waals surface area contributed by atoms with Crippen molar-refractivity contribution in [3.05, 3.63) is 47.5 Å². The predicted octanol–water partition coefficient (Wildman–Crippen LogP) is 3.40. The van der Waals surface area contributed by atoms with E-state index in [-0.39, 0.29) is 23.0 Å². The number of ether oxygens (including phenoxy) is 1. The van der Waals surface area contributed by atoms with Gasteiger partial charge in [0.25, 0.3) is 0 Å². The summed E-state index contributed by atoms with van der Waals surface area (Å²) in [6.07, 6.45) is 1.74. The van der Waals surface area contributed by atoms with E-state index in [0.717, 1.165) is 5.76 Å². The fourth-order valence-electron chi connectivity index (χ4n) is 3.88. The molecule has 6 nitrogen and oxygen atoms in total. The molecule has 0 amide bonds. The molecule has 0 saturated heterocycles. The molecule has 4 rings (SSSR count). The van der Waals surface area contributed by atoms with Crippen molar-refractivity contribution in [2.24, 2.45) is 11.8 Å². The Balaban J connectivity index is 1.80. The molecule has 27 heavy (non-hydrogen) atoms. The van der Waals surface area contributed by atoms with Crippen LogP contribution in [0.25, 0.3) is 11.0 Å². The minimum Gasteiger partial charge on any atom is -0.547 e. The summed E-state index contributed by atoms with van der Waals surface area (Å²) >= 11 is 0. The molecule has 1 aromatic heterocycles. The number of carbonyl (C=O) groups is 2. The van der Waals surface area contributed by atoms with E-state index in [0.29, 0.717) is 17.5 Å². The van der Waals surface area contributed by atoms with E-state index in [4.69, 9.17) is 9.16 Å². The van der Waals surface area contributed by atoms with Gasteiger partial charge in [-0.2, -0.15) is 0 Å². The largest absolute Gasteiger partial charge is 0.547 e. The monoisotopic (exact) mass is 382 g/mol. The number of ketones is 2. The first-order valence-corrected chi connectivity index (χ1v) is 12.5. The van der Waals surface area contributed by atoms with Crippen LogP contribution in [-0.2, 0) is 9.16 Å². The molecule has 140 valence electrons. The first-order valence-electron chi connectivity index (χ1n) is 9.06. The van der Waals surface area contributed by atoms with Crippen molar-refractivity contribution >= 4 is 30.9 Å². The number of fused-ring (bicyclic) bond motifs is 3. The second-order valence-corrected chi connectivity index (χ2v) is 12.5. The topological polar surface area (TPSA) is 78.4 Å². The lowest BCUT2D eigenvalue weighted by Crippen LogP contribution is -2.47. The van der Waals surface area contributed by atoms with Gasteiger partial charge in [-0.05, 0) is 37.8 Å². The fourth-order valence-corrected chi connectivity index (χ4v) is 4.81. The molecule has 0 saturated carbocycles. The molecule has 2 aromatic rings. The van der Waals surface area contributed by atoms with Crippen molar-refractivity contribution < 1.29 is 18.8 Å². The van der Waals surface area contributed by atoms with Crippen molar-refractivity contribution in [3.63, 3.8) is 0 Å². The Morgan fingerprint density at radius 1 is 1.00 bits per heavy atom. The first kappa shape index (κ1) is 18.0. The molecule has 0 spiro atoms. The molecule has 3 atom stereocenters. The van der Waals surface area contributed by atoms with Crippen LogP contribution in [0.5, 0.6) is 0 Å². The number of hydrogen-bond donors (Lipinski definition) is 0. The Bertz CT molecular complexity index is 980. The molecule has 0 N–H and O–H groups in total. The average molecular weight is 382 g/mol. The lowest BCUT2D eigenvalue weighted by molar-refractivity contribution is 0.0323. The molecular formula is C20H22N2O4Si. The van der Waals surface area contributed by atoms with Crippen molar-refractivity contribution in [1.82, 2.24) is 9.97 Å². The van der Waals surface area contributed by atoms with Crippen molar-refractivity contribution in [1.29, 1.82) is 0 Å². The SMILES string of the molecule is COC1C=C(O[Si](C)(C)C)CC2C(=O)c3nc4ccccc4nc3C(=O)C12. The van der Waals surface area contributed by atoms with Crippen molar-refractivity contribution in [2.75, 3.05) is 7.11 Å². The van der Waals surface area contributed by atoms with Crippen LogP contribution in [0.3, 0.4) is 0 Å². The van der Waals surface area contributed by atoms with Gasteiger partial charge in [0, 0.05) is 19.4 Å². The summed E-state index contributed by atoms with van der Waals surface area (Å²) < 4.78 is 11.7. The highest BCUT2D eigenvalue weighted by atomic mass is 28.4. The normalized spacial score (nSPS) is 25.0. The highest BCUT2D eigenvalue weighted by molar-refractivity contribution is 6.70. The van der Waals surface area contributed by atoms with Gasteiger partial charge in [0.15, 0.2) is 11.6 Å². The quantitative estimate of drug-likeness (QED) is 0.757. The lowest BCUT2D eigenvalue weighted by atomic mass is 9.70. The van der Waals surface area contributed by atoms with Crippen LogP contribution in [0, 0.1) is 11.8 Å². The van der Waals surface area contributed by atoms with Gasteiger partial charge in [-0.25, -0.2) is 9.97 Å². The van der Waals surface area contributed by atoms with Gasteiger partial charge in [-0.1, -0.05) is 12.1 Å². The number of hydrogen-bond acceptors (Lipinski definition) is 6. The van der Waals surface area contributed by atoms with E-state index in [1.54, 1.807) is 19.2 Å². The maximum absolute atomic E-state index is 13.2. The van der Waals surface area contributed by atoms with E-state index >= 15 is 0 Å². The summed E-state index contributed by atoms with van der Waals surface area (Å²) in [5.74, 6) is -0.704. The number of allylic oxidation sites excluding steroid dienone is 1. The van der Waals surface area contributed by atoms with E-state index in [1.807, 2.05) is 18.2 Å². The van der Waals surface area contributed by atoms with Crippen LogP contribution in [-0.4, -0.2) is 43.1 Å². The Labute approximate surface area is 158 Å². The van der Waals surface area contributed by atoms with Gasteiger partial charge in [0.1, 0.15) is 11.4 Å². The standard InChI is InChI=1S/C20H22N2O4Si/c1-25-15-10-11(26-27(2,3)4)9-12-16(15)20(24)18-17(19(12)23)21-13-7-5-6-8-14(13)22-18/h5-8,10,12,15-16H,9H2,1-4H3. The summed E-state index contributed by atoms with van der Waals surface area (Å²) in [5.41, 5.74) is 1.55. The van der Waals surface area contributed by atoms with Crippen LogP contribution in [0.2, 0.25) is 19.6 Å². The van der Waals surface area contributed by atoms with Crippen molar-refractivity contribution in [3.8, 4) is 0 Å². The predicted molar refractivity (Wildman–Crippen MR) is 103 cm³/mol. The van der Waals surface area contributed by atoms with Gasteiger partial charge >= 0.3 is 0 Å². The smallest absolute Gasteiger partial charge is 0.241 e.